The maximum atomic E-state index is 12.2. The number of carbonyl (C=O) groups excluding carboxylic acids is 1. The molecule has 3 heterocycles. The van der Waals surface area contributed by atoms with Crippen LogP contribution in [0.3, 0.4) is 0 Å². The van der Waals surface area contributed by atoms with Crippen LogP contribution in [0.5, 0.6) is 0 Å². The third kappa shape index (κ3) is 5.66. The van der Waals surface area contributed by atoms with Crippen LogP contribution in [0.1, 0.15) is 31.9 Å². The monoisotopic (exact) mass is 348 g/mol. The molecule has 1 aromatic rings. The highest BCUT2D eigenvalue weighted by Gasteiger charge is 2.28. The first-order valence-electron chi connectivity index (χ1n) is 9.08. The normalized spacial score (nSPS) is 24.7. The zero-order valence-electron chi connectivity index (χ0n) is 14.9. The lowest BCUT2D eigenvalue weighted by atomic mass is 9.96. The summed E-state index contributed by atoms with van der Waals surface area (Å²) < 4.78 is 11.2. The number of urea groups is 1. The summed E-state index contributed by atoms with van der Waals surface area (Å²) in [5.74, 6) is 0.568. The van der Waals surface area contributed by atoms with Crippen LogP contribution in [0.2, 0.25) is 0 Å². The van der Waals surface area contributed by atoms with Crippen molar-refractivity contribution in [3.63, 3.8) is 0 Å². The topological polar surface area (TPSA) is 75.7 Å². The maximum absolute atomic E-state index is 12.2. The number of hydrogen-bond acceptors (Lipinski definition) is 5. The predicted octanol–water partition coefficient (Wildman–Crippen LogP) is 1.99. The van der Waals surface area contributed by atoms with Gasteiger partial charge in [0.25, 0.3) is 0 Å². The van der Waals surface area contributed by atoms with E-state index in [1.807, 2.05) is 19.1 Å². The number of nitrogens with one attached hydrogen (secondary N) is 2. The fraction of sp³-hybridized carbons (Fsp3) is 0.667. The van der Waals surface area contributed by atoms with Gasteiger partial charge < -0.3 is 14.8 Å². The van der Waals surface area contributed by atoms with Crippen molar-refractivity contribution >= 4 is 11.8 Å². The minimum atomic E-state index is -0.263. The zero-order valence-corrected chi connectivity index (χ0v) is 14.9. The molecule has 2 fully saturated rings. The molecule has 2 aliphatic heterocycles. The average Bonchev–Trinajstić information content (AvgIpc) is 2.62. The molecule has 1 aromatic heterocycles. The quantitative estimate of drug-likeness (QED) is 0.851. The fourth-order valence-corrected chi connectivity index (χ4v) is 3.18. The van der Waals surface area contributed by atoms with E-state index in [-0.39, 0.29) is 11.6 Å². The Morgan fingerprint density at radius 2 is 2.12 bits per heavy atom. The second-order valence-corrected chi connectivity index (χ2v) is 6.97. The Balaban J connectivity index is 1.48. The van der Waals surface area contributed by atoms with Gasteiger partial charge >= 0.3 is 6.03 Å². The Morgan fingerprint density at radius 1 is 1.28 bits per heavy atom. The average molecular weight is 348 g/mol. The van der Waals surface area contributed by atoms with E-state index >= 15 is 0 Å². The van der Waals surface area contributed by atoms with Crippen LogP contribution in [-0.4, -0.2) is 61.0 Å². The number of morpholine rings is 1. The van der Waals surface area contributed by atoms with Crippen LogP contribution in [0.25, 0.3) is 0 Å². The molecule has 0 unspecified atom stereocenters. The SMILES string of the molecule is C[C@]1(CNC(=O)Nc2cccc(CN3CCOCC3)n2)CCCCO1. The molecular formula is C18H28N4O3. The van der Waals surface area contributed by atoms with Crippen LogP contribution in [0.15, 0.2) is 18.2 Å². The minimum absolute atomic E-state index is 0.244. The van der Waals surface area contributed by atoms with Gasteiger partial charge in [-0.25, -0.2) is 9.78 Å². The molecule has 0 saturated carbocycles. The number of ether oxygens (including phenoxy) is 2. The van der Waals surface area contributed by atoms with Crippen LogP contribution in [0.4, 0.5) is 10.6 Å². The number of amides is 2. The summed E-state index contributed by atoms with van der Waals surface area (Å²) in [7, 11) is 0. The van der Waals surface area contributed by atoms with E-state index in [1.54, 1.807) is 6.07 Å². The van der Waals surface area contributed by atoms with Gasteiger partial charge in [0.1, 0.15) is 5.82 Å². The summed E-state index contributed by atoms with van der Waals surface area (Å²) in [4.78, 5) is 19.0. The van der Waals surface area contributed by atoms with Crippen molar-refractivity contribution in [3.8, 4) is 0 Å². The van der Waals surface area contributed by atoms with Gasteiger partial charge in [-0.05, 0) is 38.3 Å². The molecule has 0 spiro atoms. The largest absolute Gasteiger partial charge is 0.379 e. The van der Waals surface area contributed by atoms with Crippen molar-refractivity contribution in [2.45, 2.75) is 38.3 Å². The molecule has 7 heteroatoms. The first-order valence-corrected chi connectivity index (χ1v) is 9.08. The molecule has 2 amide bonds. The number of carbonyl (C=O) groups is 1. The number of rotatable bonds is 5. The summed E-state index contributed by atoms with van der Waals surface area (Å²) in [6.07, 6.45) is 3.22. The van der Waals surface area contributed by atoms with Crippen LogP contribution < -0.4 is 10.6 Å². The Labute approximate surface area is 149 Å². The molecule has 3 rings (SSSR count). The molecule has 0 bridgehead atoms. The second-order valence-electron chi connectivity index (χ2n) is 6.97. The lowest BCUT2D eigenvalue weighted by molar-refractivity contribution is -0.0612. The van der Waals surface area contributed by atoms with E-state index in [0.29, 0.717) is 12.4 Å². The summed E-state index contributed by atoms with van der Waals surface area (Å²) in [6, 6.07) is 5.46. The highest BCUT2D eigenvalue weighted by Crippen LogP contribution is 2.23. The molecule has 0 aliphatic carbocycles. The third-order valence-corrected chi connectivity index (χ3v) is 4.71. The van der Waals surface area contributed by atoms with E-state index in [0.717, 1.165) is 64.4 Å². The van der Waals surface area contributed by atoms with Crippen molar-refractivity contribution < 1.29 is 14.3 Å². The number of aromatic nitrogens is 1. The molecular weight excluding hydrogens is 320 g/mol. The summed E-state index contributed by atoms with van der Waals surface area (Å²) in [5.41, 5.74) is 0.684. The summed E-state index contributed by atoms with van der Waals surface area (Å²) >= 11 is 0. The van der Waals surface area contributed by atoms with E-state index in [4.69, 9.17) is 9.47 Å². The zero-order chi connectivity index (χ0) is 17.5. The van der Waals surface area contributed by atoms with Gasteiger partial charge in [-0.15, -0.1) is 0 Å². The van der Waals surface area contributed by atoms with Gasteiger partial charge in [0.15, 0.2) is 0 Å². The van der Waals surface area contributed by atoms with Gasteiger partial charge in [-0.1, -0.05) is 6.07 Å². The number of nitrogens with zero attached hydrogens (tertiary/aromatic N) is 2. The van der Waals surface area contributed by atoms with Gasteiger partial charge in [0.2, 0.25) is 0 Å². The second kappa shape index (κ2) is 8.60. The van der Waals surface area contributed by atoms with Gasteiger partial charge in [0.05, 0.1) is 24.5 Å². The Bertz CT molecular complexity index is 569. The Morgan fingerprint density at radius 3 is 2.88 bits per heavy atom. The van der Waals surface area contributed by atoms with Crippen LogP contribution in [-0.2, 0) is 16.0 Å². The van der Waals surface area contributed by atoms with Crippen molar-refractivity contribution in [3.05, 3.63) is 23.9 Å². The Kier molecular flexibility index (Phi) is 6.23. The third-order valence-electron chi connectivity index (χ3n) is 4.71. The van der Waals surface area contributed by atoms with Crippen LogP contribution in [0, 0.1) is 0 Å². The number of pyridine rings is 1. The number of hydrogen-bond donors (Lipinski definition) is 2. The lowest BCUT2D eigenvalue weighted by Crippen LogP contribution is -2.45. The summed E-state index contributed by atoms with van der Waals surface area (Å²) in [6.45, 7) is 7.45. The van der Waals surface area contributed by atoms with E-state index < -0.39 is 0 Å². The molecule has 2 aliphatic rings. The molecule has 25 heavy (non-hydrogen) atoms. The Hall–Kier alpha value is -1.70. The van der Waals surface area contributed by atoms with E-state index in [9.17, 15) is 4.79 Å². The van der Waals surface area contributed by atoms with E-state index in [2.05, 4.69) is 20.5 Å². The molecule has 0 radical (unpaired) electrons. The highest BCUT2D eigenvalue weighted by atomic mass is 16.5. The van der Waals surface area contributed by atoms with Crippen molar-refractivity contribution in [2.24, 2.45) is 0 Å². The smallest absolute Gasteiger partial charge is 0.320 e. The van der Waals surface area contributed by atoms with Crippen molar-refractivity contribution in [2.75, 3.05) is 44.8 Å². The highest BCUT2D eigenvalue weighted by molar-refractivity contribution is 5.88. The van der Waals surface area contributed by atoms with Gasteiger partial charge in [0, 0.05) is 32.8 Å². The molecule has 138 valence electrons. The van der Waals surface area contributed by atoms with Crippen molar-refractivity contribution in [1.82, 2.24) is 15.2 Å². The molecule has 2 N–H and O–H groups in total. The first kappa shape index (κ1) is 18.1. The lowest BCUT2D eigenvalue weighted by Gasteiger charge is -2.33. The minimum Gasteiger partial charge on any atom is -0.379 e. The predicted molar refractivity (Wildman–Crippen MR) is 95.6 cm³/mol. The molecule has 0 aromatic carbocycles. The van der Waals surface area contributed by atoms with Crippen molar-refractivity contribution in [1.29, 1.82) is 0 Å². The van der Waals surface area contributed by atoms with Gasteiger partial charge in [-0.3, -0.25) is 10.2 Å². The molecule has 1 atom stereocenters. The number of anilines is 1. The van der Waals surface area contributed by atoms with E-state index in [1.165, 1.54) is 0 Å². The van der Waals surface area contributed by atoms with Gasteiger partial charge in [-0.2, -0.15) is 0 Å². The standard InChI is InChI=1S/C18H28N4O3/c1-18(7-2-3-10-25-18)14-19-17(23)21-16-6-4-5-15(20-16)13-22-8-11-24-12-9-22/h4-6H,2-3,7-14H2,1H3,(H2,19,20,21,23)/t18-/m1/s1. The maximum Gasteiger partial charge on any atom is 0.320 e. The van der Waals surface area contributed by atoms with Crippen LogP contribution >= 0.6 is 0 Å². The molecule has 2 saturated heterocycles. The fourth-order valence-electron chi connectivity index (χ4n) is 3.18. The first-order chi connectivity index (χ1) is 12.1. The molecule has 7 nitrogen and oxygen atoms in total. The summed E-state index contributed by atoms with van der Waals surface area (Å²) in [5, 5.41) is 5.72.